The van der Waals surface area contributed by atoms with E-state index < -0.39 is 5.41 Å². The molecular weight excluding hydrogens is 276 g/mol. The Bertz CT molecular complexity index is 563. The second-order valence-electron chi connectivity index (χ2n) is 8.29. The molecule has 0 aromatic carbocycles. The minimum Gasteiger partial charge on any atom is -0.395 e. The third kappa shape index (κ3) is 1.72. The highest BCUT2D eigenvalue weighted by Gasteiger charge is 2.60. The highest BCUT2D eigenvalue weighted by Crippen LogP contribution is 2.63. The van der Waals surface area contributed by atoms with Crippen molar-refractivity contribution in [2.24, 2.45) is 28.6 Å². The van der Waals surface area contributed by atoms with Gasteiger partial charge in [-0.05, 0) is 55.3 Å². The van der Waals surface area contributed by atoms with Gasteiger partial charge in [0.25, 0.3) is 0 Å². The summed E-state index contributed by atoms with van der Waals surface area (Å²) in [7, 11) is 0. The lowest BCUT2D eigenvalue weighted by molar-refractivity contribution is -0.138. The topological polar surface area (TPSA) is 54.4 Å². The van der Waals surface area contributed by atoms with Gasteiger partial charge in [-0.3, -0.25) is 9.59 Å². The Kier molecular flexibility index (Phi) is 3.17. The van der Waals surface area contributed by atoms with Crippen LogP contribution in [-0.2, 0) is 9.59 Å². The van der Waals surface area contributed by atoms with Gasteiger partial charge in [0, 0.05) is 19.3 Å². The zero-order chi connectivity index (χ0) is 15.5. The van der Waals surface area contributed by atoms with Crippen LogP contribution in [0.5, 0.6) is 0 Å². The minimum atomic E-state index is -0.437. The zero-order valence-corrected chi connectivity index (χ0v) is 13.4. The van der Waals surface area contributed by atoms with E-state index in [-0.39, 0.29) is 12.0 Å². The van der Waals surface area contributed by atoms with Crippen LogP contribution in [0.3, 0.4) is 0 Å². The van der Waals surface area contributed by atoms with Crippen molar-refractivity contribution < 1.29 is 14.7 Å². The van der Waals surface area contributed by atoms with E-state index in [9.17, 15) is 14.7 Å². The molecule has 0 unspecified atom stereocenters. The van der Waals surface area contributed by atoms with Gasteiger partial charge < -0.3 is 5.11 Å². The Labute approximate surface area is 132 Å². The number of fused-ring (bicyclic) bond motifs is 5. The number of carbonyl (C=O) groups is 2. The van der Waals surface area contributed by atoms with Crippen LogP contribution in [0.25, 0.3) is 0 Å². The Morgan fingerprint density at radius 1 is 1.18 bits per heavy atom. The van der Waals surface area contributed by atoms with E-state index in [1.165, 1.54) is 5.57 Å². The van der Waals surface area contributed by atoms with Gasteiger partial charge in [-0.1, -0.05) is 18.6 Å². The number of hydrogen-bond acceptors (Lipinski definition) is 3. The molecule has 3 fully saturated rings. The van der Waals surface area contributed by atoms with Crippen LogP contribution in [0.1, 0.15) is 58.3 Å². The standard InChI is InChI=1S/C19H26O3/c1-18-8-6-13(21)10-12(18)2-3-14-15(18)7-9-19(11-20)16(14)4-5-17(19)22/h2,14-16,20H,3-11H2,1H3/t14-,15+,16+,18+,19-/m1/s1. The molecule has 5 atom stereocenters. The average molecular weight is 302 g/mol. The first-order valence-corrected chi connectivity index (χ1v) is 8.87. The molecule has 0 aliphatic heterocycles. The lowest BCUT2D eigenvalue weighted by Gasteiger charge is -2.56. The maximum absolute atomic E-state index is 12.4. The van der Waals surface area contributed by atoms with Gasteiger partial charge in [-0.2, -0.15) is 0 Å². The lowest BCUT2D eigenvalue weighted by atomic mass is 9.48. The van der Waals surface area contributed by atoms with Crippen LogP contribution in [0.15, 0.2) is 11.6 Å². The molecule has 0 saturated heterocycles. The first-order chi connectivity index (χ1) is 10.5. The number of Topliss-reactive ketones (excluding diaryl/α,β-unsaturated/α-hetero) is 2. The molecule has 0 amide bonds. The smallest absolute Gasteiger partial charge is 0.141 e. The summed E-state index contributed by atoms with van der Waals surface area (Å²) in [6.07, 6.45) is 9.16. The normalized spacial score (nSPS) is 47.5. The van der Waals surface area contributed by atoms with E-state index in [1.54, 1.807) is 0 Å². The predicted octanol–water partition coefficient (Wildman–Crippen LogP) is 3.06. The van der Waals surface area contributed by atoms with Crippen LogP contribution < -0.4 is 0 Å². The van der Waals surface area contributed by atoms with E-state index in [4.69, 9.17) is 0 Å². The maximum Gasteiger partial charge on any atom is 0.141 e. The first kappa shape index (κ1) is 14.6. The van der Waals surface area contributed by atoms with Crippen molar-refractivity contribution in [2.75, 3.05) is 6.61 Å². The Morgan fingerprint density at radius 3 is 2.77 bits per heavy atom. The summed E-state index contributed by atoms with van der Waals surface area (Å²) in [5.41, 5.74) is 1.09. The minimum absolute atomic E-state index is 0.0332. The quantitative estimate of drug-likeness (QED) is 0.757. The monoisotopic (exact) mass is 302 g/mol. The SMILES string of the molecule is C[C@]12CCC(=O)CC1=CC[C@H]1[C@@H]3CCC(=O)[C@@]3(CO)CC[C@@H]12. The first-order valence-electron chi connectivity index (χ1n) is 8.87. The highest BCUT2D eigenvalue weighted by molar-refractivity contribution is 5.88. The van der Waals surface area contributed by atoms with Gasteiger partial charge in [0.2, 0.25) is 0 Å². The summed E-state index contributed by atoms with van der Waals surface area (Å²) in [5.74, 6) is 2.16. The Morgan fingerprint density at radius 2 is 2.00 bits per heavy atom. The van der Waals surface area contributed by atoms with Gasteiger partial charge in [0.1, 0.15) is 11.6 Å². The van der Waals surface area contributed by atoms with Crippen LogP contribution in [0.2, 0.25) is 0 Å². The van der Waals surface area contributed by atoms with Gasteiger partial charge in [-0.15, -0.1) is 0 Å². The summed E-state index contributed by atoms with van der Waals surface area (Å²) in [6.45, 7) is 2.39. The second kappa shape index (κ2) is 4.77. The summed E-state index contributed by atoms with van der Waals surface area (Å²) in [4.78, 5) is 24.2. The lowest BCUT2D eigenvalue weighted by Crippen LogP contribution is -2.52. The molecule has 0 aromatic heterocycles. The van der Waals surface area contributed by atoms with Gasteiger partial charge >= 0.3 is 0 Å². The molecule has 4 aliphatic carbocycles. The number of carbonyl (C=O) groups excluding carboxylic acids is 2. The number of rotatable bonds is 1. The predicted molar refractivity (Wildman–Crippen MR) is 83.1 cm³/mol. The summed E-state index contributed by atoms with van der Waals surface area (Å²) in [6, 6.07) is 0. The van der Waals surface area contributed by atoms with Crippen LogP contribution in [0.4, 0.5) is 0 Å². The number of aliphatic hydroxyl groups excluding tert-OH is 1. The van der Waals surface area contributed by atoms with Crippen molar-refractivity contribution >= 4 is 11.6 Å². The molecule has 0 spiro atoms. The average Bonchev–Trinajstić information content (AvgIpc) is 2.86. The number of hydrogen-bond donors (Lipinski definition) is 1. The molecule has 3 nitrogen and oxygen atoms in total. The molecule has 0 heterocycles. The van der Waals surface area contributed by atoms with Crippen LogP contribution in [-0.4, -0.2) is 23.3 Å². The van der Waals surface area contributed by atoms with Crippen molar-refractivity contribution in [1.29, 1.82) is 0 Å². The highest BCUT2D eigenvalue weighted by atomic mass is 16.3. The third-order valence-corrected chi connectivity index (χ3v) is 7.66. The Balaban J connectivity index is 1.71. The third-order valence-electron chi connectivity index (χ3n) is 7.66. The summed E-state index contributed by atoms with van der Waals surface area (Å²) in [5, 5.41) is 9.96. The molecule has 0 bridgehead atoms. The van der Waals surface area contributed by atoms with Crippen molar-refractivity contribution in [3.63, 3.8) is 0 Å². The maximum atomic E-state index is 12.4. The van der Waals surface area contributed by atoms with E-state index in [1.807, 2.05) is 0 Å². The molecule has 4 aliphatic rings. The van der Waals surface area contributed by atoms with Crippen molar-refractivity contribution in [1.82, 2.24) is 0 Å². The molecule has 1 N–H and O–H groups in total. The summed E-state index contributed by atoms with van der Waals surface area (Å²) < 4.78 is 0. The molecule has 22 heavy (non-hydrogen) atoms. The fourth-order valence-electron chi connectivity index (χ4n) is 6.35. The zero-order valence-electron chi connectivity index (χ0n) is 13.4. The molecule has 120 valence electrons. The molecule has 3 heteroatoms. The van der Waals surface area contributed by atoms with Gasteiger partial charge in [-0.25, -0.2) is 0 Å². The second-order valence-corrected chi connectivity index (χ2v) is 8.29. The molecule has 4 rings (SSSR count). The summed E-state index contributed by atoms with van der Waals surface area (Å²) >= 11 is 0. The van der Waals surface area contributed by atoms with Crippen molar-refractivity contribution in [2.45, 2.75) is 58.3 Å². The van der Waals surface area contributed by atoms with Crippen molar-refractivity contribution in [3.8, 4) is 0 Å². The molecule has 3 saturated carbocycles. The van der Waals surface area contributed by atoms with E-state index in [2.05, 4.69) is 13.0 Å². The molecular formula is C19H26O3. The van der Waals surface area contributed by atoms with E-state index >= 15 is 0 Å². The van der Waals surface area contributed by atoms with Crippen LogP contribution in [0, 0.1) is 28.6 Å². The molecule has 0 aromatic rings. The number of aliphatic hydroxyl groups is 1. The fourth-order valence-corrected chi connectivity index (χ4v) is 6.35. The fraction of sp³-hybridized carbons (Fsp3) is 0.789. The number of ketones is 2. The van der Waals surface area contributed by atoms with E-state index in [0.29, 0.717) is 48.6 Å². The number of allylic oxidation sites excluding steroid dienone is 2. The van der Waals surface area contributed by atoms with Gasteiger partial charge in [0.15, 0.2) is 0 Å². The van der Waals surface area contributed by atoms with Crippen molar-refractivity contribution in [3.05, 3.63) is 11.6 Å². The Hall–Kier alpha value is -0.960. The largest absolute Gasteiger partial charge is 0.395 e. The molecule has 0 radical (unpaired) electrons. The van der Waals surface area contributed by atoms with Crippen LogP contribution >= 0.6 is 0 Å². The van der Waals surface area contributed by atoms with Gasteiger partial charge in [0.05, 0.1) is 12.0 Å². The van der Waals surface area contributed by atoms with E-state index in [0.717, 1.165) is 32.1 Å².